The van der Waals surface area contributed by atoms with Gasteiger partial charge in [-0.2, -0.15) is 0 Å². The molecule has 0 aliphatic rings. The number of carbonyl (C=O) groups is 3. The lowest BCUT2D eigenvalue weighted by atomic mass is 9.99. The molecule has 0 spiro atoms. The first kappa shape index (κ1) is 54.4. The van der Waals surface area contributed by atoms with Crippen molar-refractivity contribution in [3.8, 4) is 0 Å². The highest BCUT2D eigenvalue weighted by atomic mass is 16.6. The molecule has 6 heteroatoms. The first-order chi connectivity index (χ1) is 27.2. The summed E-state index contributed by atoms with van der Waals surface area (Å²) in [7, 11) is 0. The van der Waals surface area contributed by atoms with Crippen LogP contribution in [-0.4, -0.2) is 37.2 Å². The number of ether oxygens (including phenoxy) is 3. The van der Waals surface area contributed by atoms with Crippen molar-refractivity contribution in [2.45, 2.75) is 272 Å². The molecule has 3 atom stereocenters. The van der Waals surface area contributed by atoms with E-state index in [1.165, 1.54) is 148 Å². The predicted molar refractivity (Wildman–Crippen MR) is 238 cm³/mol. The van der Waals surface area contributed by atoms with E-state index in [2.05, 4.69) is 41.5 Å². The molecule has 332 valence electrons. The van der Waals surface area contributed by atoms with E-state index in [4.69, 9.17) is 14.2 Å². The average Bonchev–Trinajstić information content (AvgIpc) is 3.18. The zero-order chi connectivity index (χ0) is 41.3. The zero-order valence-electron chi connectivity index (χ0n) is 38.4. The Balaban J connectivity index is 4.36. The minimum atomic E-state index is -0.763. The Morgan fingerprint density at radius 1 is 0.357 bits per heavy atom. The van der Waals surface area contributed by atoms with Gasteiger partial charge in [0.1, 0.15) is 13.2 Å². The SMILES string of the molecule is CCC(C)CCCCCCCCCCCCC(=O)O[C@H](COC(=O)CCCCCCCCCCCC(C)C)COC(=O)CCCCCCCCCCC(C)CC. The molecule has 0 heterocycles. The quantitative estimate of drug-likeness (QED) is 0.0348. The Kier molecular flexibility index (Phi) is 40.4. The monoisotopic (exact) mass is 793 g/mol. The van der Waals surface area contributed by atoms with Gasteiger partial charge >= 0.3 is 17.9 Å². The van der Waals surface area contributed by atoms with E-state index >= 15 is 0 Å². The summed E-state index contributed by atoms with van der Waals surface area (Å²) in [6.07, 6.45) is 39.3. The van der Waals surface area contributed by atoms with Gasteiger partial charge in [0, 0.05) is 19.3 Å². The van der Waals surface area contributed by atoms with Crippen molar-refractivity contribution in [3.05, 3.63) is 0 Å². The van der Waals surface area contributed by atoms with Crippen LogP contribution in [0.5, 0.6) is 0 Å². The average molecular weight is 793 g/mol. The van der Waals surface area contributed by atoms with Gasteiger partial charge < -0.3 is 14.2 Å². The molecule has 6 nitrogen and oxygen atoms in total. The van der Waals surface area contributed by atoms with Crippen LogP contribution in [0.2, 0.25) is 0 Å². The van der Waals surface area contributed by atoms with E-state index in [-0.39, 0.29) is 31.1 Å². The molecule has 0 N–H and O–H groups in total. The van der Waals surface area contributed by atoms with Crippen LogP contribution in [0.1, 0.15) is 266 Å². The minimum Gasteiger partial charge on any atom is -0.462 e. The molecule has 0 aromatic heterocycles. The molecule has 0 radical (unpaired) electrons. The molecule has 0 rings (SSSR count). The number of hydrogen-bond acceptors (Lipinski definition) is 6. The Bertz CT molecular complexity index is 872. The summed E-state index contributed by atoms with van der Waals surface area (Å²) in [6.45, 7) is 13.7. The Morgan fingerprint density at radius 3 is 0.929 bits per heavy atom. The second kappa shape index (κ2) is 41.6. The first-order valence-electron chi connectivity index (χ1n) is 24.7. The molecule has 0 aromatic rings. The number of carbonyl (C=O) groups excluding carboxylic acids is 3. The summed E-state index contributed by atoms with van der Waals surface area (Å²) < 4.78 is 16.8. The van der Waals surface area contributed by atoms with Gasteiger partial charge in [-0.25, -0.2) is 0 Å². The van der Waals surface area contributed by atoms with Crippen LogP contribution >= 0.6 is 0 Å². The predicted octanol–water partition coefficient (Wildman–Crippen LogP) is 15.6. The Hall–Kier alpha value is -1.59. The highest BCUT2D eigenvalue weighted by molar-refractivity contribution is 5.71. The van der Waals surface area contributed by atoms with Gasteiger partial charge in [-0.05, 0) is 37.0 Å². The molecule has 56 heavy (non-hydrogen) atoms. The van der Waals surface area contributed by atoms with E-state index in [0.29, 0.717) is 19.3 Å². The van der Waals surface area contributed by atoms with Gasteiger partial charge in [-0.15, -0.1) is 0 Å². The van der Waals surface area contributed by atoms with Gasteiger partial charge in [-0.1, -0.05) is 228 Å². The number of unbranched alkanes of at least 4 members (excludes halogenated alkanes) is 24. The van der Waals surface area contributed by atoms with E-state index < -0.39 is 6.10 Å². The third kappa shape index (κ3) is 40.6. The van der Waals surface area contributed by atoms with Crippen molar-refractivity contribution in [3.63, 3.8) is 0 Å². The maximum Gasteiger partial charge on any atom is 0.306 e. The fourth-order valence-electron chi connectivity index (χ4n) is 7.34. The van der Waals surface area contributed by atoms with Gasteiger partial charge in [0.25, 0.3) is 0 Å². The lowest BCUT2D eigenvalue weighted by Gasteiger charge is -2.18. The van der Waals surface area contributed by atoms with Crippen molar-refractivity contribution in [1.82, 2.24) is 0 Å². The standard InChI is InChI=1S/C50H96O6/c1-7-45(5)37-31-25-19-13-9-10-14-23-29-35-41-50(53)56-47(42-54-48(51)39-33-27-21-15-11-12-18-24-30-36-44(3)4)43-55-49(52)40-34-28-22-17-16-20-26-32-38-46(6)8-2/h44-47H,7-43H2,1-6H3/t45?,46?,47-/m1/s1. The van der Waals surface area contributed by atoms with Crippen molar-refractivity contribution < 1.29 is 28.6 Å². The lowest BCUT2D eigenvalue weighted by molar-refractivity contribution is -0.167. The molecular formula is C50H96O6. The molecule has 0 aromatic carbocycles. The number of rotatable bonds is 43. The fourth-order valence-corrected chi connectivity index (χ4v) is 7.34. The van der Waals surface area contributed by atoms with Gasteiger partial charge in [0.15, 0.2) is 6.10 Å². The van der Waals surface area contributed by atoms with Crippen LogP contribution in [0.4, 0.5) is 0 Å². The van der Waals surface area contributed by atoms with Crippen molar-refractivity contribution in [2.75, 3.05) is 13.2 Å². The van der Waals surface area contributed by atoms with E-state index in [1.807, 2.05) is 0 Å². The molecule has 0 amide bonds. The summed E-state index contributed by atoms with van der Waals surface area (Å²) in [4.78, 5) is 37.9. The normalized spacial score (nSPS) is 13.1. The zero-order valence-corrected chi connectivity index (χ0v) is 38.4. The van der Waals surface area contributed by atoms with Crippen LogP contribution in [0.15, 0.2) is 0 Å². The van der Waals surface area contributed by atoms with Crippen molar-refractivity contribution in [2.24, 2.45) is 17.8 Å². The molecule has 0 bridgehead atoms. The molecular weight excluding hydrogens is 697 g/mol. The number of hydrogen-bond donors (Lipinski definition) is 0. The summed E-state index contributed by atoms with van der Waals surface area (Å²) in [6, 6.07) is 0. The van der Waals surface area contributed by atoms with Crippen LogP contribution in [0.3, 0.4) is 0 Å². The first-order valence-corrected chi connectivity index (χ1v) is 24.7. The third-order valence-electron chi connectivity index (χ3n) is 11.9. The molecule has 0 saturated heterocycles. The third-order valence-corrected chi connectivity index (χ3v) is 11.9. The summed E-state index contributed by atoms with van der Waals surface area (Å²) in [5, 5.41) is 0. The maximum atomic E-state index is 12.8. The topological polar surface area (TPSA) is 78.9 Å². The second-order valence-corrected chi connectivity index (χ2v) is 18.1. The molecule has 0 fully saturated rings. The molecule has 0 aliphatic carbocycles. The number of esters is 3. The lowest BCUT2D eigenvalue weighted by Crippen LogP contribution is -2.30. The largest absolute Gasteiger partial charge is 0.462 e. The molecule has 0 saturated carbocycles. The van der Waals surface area contributed by atoms with Crippen molar-refractivity contribution in [1.29, 1.82) is 0 Å². The van der Waals surface area contributed by atoms with Crippen LogP contribution in [0.25, 0.3) is 0 Å². The van der Waals surface area contributed by atoms with E-state index in [1.54, 1.807) is 0 Å². The van der Waals surface area contributed by atoms with Crippen LogP contribution in [0, 0.1) is 17.8 Å². The van der Waals surface area contributed by atoms with Crippen molar-refractivity contribution >= 4 is 17.9 Å². The maximum absolute atomic E-state index is 12.8. The van der Waals surface area contributed by atoms with Gasteiger partial charge in [-0.3, -0.25) is 14.4 Å². The fraction of sp³-hybridized carbons (Fsp3) is 0.940. The van der Waals surface area contributed by atoms with Gasteiger partial charge in [0.05, 0.1) is 0 Å². The Labute approximate surface area is 348 Å². The van der Waals surface area contributed by atoms with Gasteiger partial charge in [0.2, 0.25) is 0 Å². The van der Waals surface area contributed by atoms with Crippen LogP contribution in [-0.2, 0) is 28.6 Å². The smallest absolute Gasteiger partial charge is 0.306 e. The van der Waals surface area contributed by atoms with E-state index in [9.17, 15) is 14.4 Å². The summed E-state index contributed by atoms with van der Waals surface area (Å²) >= 11 is 0. The summed E-state index contributed by atoms with van der Waals surface area (Å²) in [5.41, 5.74) is 0. The second-order valence-electron chi connectivity index (χ2n) is 18.1. The highest BCUT2D eigenvalue weighted by Crippen LogP contribution is 2.18. The highest BCUT2D eigenvalue weighted by Gasteiger charge is 2.19. The molecule has 2 unspecified atom stereocenters. The minimum absolute atomic E-state index is 0.0658. The summed E-state index contributed by atoms with van der Waals surface area (Å²) in [5.74, 6) is 1.67. The molecule has 0 aliphatic heterocycles. The van der Waals surface area contributed by atoms with Crippen LogP contribution < -0.4 is 0 Å². The Morgan fingerprint density at radius 2 is 0.625 bits per heavy atom. The van der Waals surface area contributed by atoms with E-state index in [0.717, 1.165) is 75.5 Å².